The van der Waals surface area contributed by atoms with Crippen LogP contribution in [0, 0.1) is 0 Å². The second-order valence-electron chi connectivity index (χ2n) is 7.28. The van der Waals surface area contributed by atoms with Crippen molar-refractivity contribution in [2.45, 2.75) is 6.18 Å². The molecule has 0 aliphatic carbocycles. The summed E-state index contributed by atoms with van der Waals surface area (Å²) in [5.74, 6) is 0.291. The first-order valence-electron chi connectivity index (χ1n) is 10.0. The summed E-state index contributed by atoms with van der Waals surface area (Å²) >= 11 is 6.42. The Morgan fingerprint density at radius 3 is 2.62 bits per heavy atom. The number of alkyl halides is 3. The lowest BCUT2D eigenvalue weighted by Gasteiger charge is -2.11. The minimum absolute atomic E-state index is 0.273. The van der Waals surface area contributed by atoms with Crippen molar-refractivity contribution in [2.24, 2.45) is 0 Å². The first-order valence-corrected chi connectivity index (χ1v) is 10.4. The van der Waals surface area contributed by atoms with Gasteiger partial charge in [-0.3, -0.25) is 4.98 Å². The van der Waals surface area contributed by atoms with Crippen LogP contribution in [0.15, 0.2) is 83.9 Å². The summed E-state index contributed by atoms with van der Waals surface area (Å²) in [6, 6.07) is 13.7. The monoisotopic (exact) mass is 481 g/mol. The van der Waals surface area contributed by atoms with E-state index in [2.05, 4.69) is 25.6 Å². The molecular formula is C24H15ClF3N5O. The molecule has 34 heavy (non-hydrogen) atoms. The van der Waals surface area contributed by atoms with Crippen LogP contribution in [0.5, 0.6) is 0 Å². The number of aromatic nitrogens is 3. The molecule has 2 aromatic carbocycles. The maximum atomic E-state index is 13.1. The molecule has 170 valence electrons. The molecule has 0 atom stereocenters. The Morgan fingerprint density at radius 2 is 1.82 bits per heavy atom. The van der Waals surface area contributed by atoms with Crippen LogP contribution in [0.3, 0.4) is 0 Å². The van der Waals surface area contributed by atoms with E-state index in [4.69, 9.17) is 16.0 Å². The van der Waals surface area contributed by atoms with Crippen molar-refractivity contribution in [2.75, 3.05) is 10.6 Å². The van der Waals surface area contributed by atoms with E-state index in [-0.39, 0.29) is 5.69 Å². The van der Waals surface area contributed by atoms with Crippen LogP contribution in [0.25, 0.3) is 22.2 Å². The number of nitrogens with one attached hydrogen (secondary N) is 2. The van der Waals surface area contributed by atoms with Gasteiger partial charge in [0.2, 0.25) is 5.95 Å². The molecule has 0 unspecified atom stereocenters. The third kappa shape index (κ3) is 4.38. The first-order chi connectivity index (χ1) is 16.4. The second kappa shape index (κ2) is 8.68. The number of hydrogen-bond acceptors (Lipinski definition) is 6. The van der Waals surface area contributed by atoms with Crippen LogP contribution >= 0.6 is 11.6 Å². The Hall–Kier alpha value is -4.11. The Labute approximate surface area is 196 Å². The van der Waals surface area contributed by atoms with Crippen molar-refractivity contribution >= 4 is 45.6 Å². The maximum Gasteiger partial charge on any atom is 0.416 e. The molecular weight excluding hydrogens is 467 g/mol. The highest BCUT2D eigenvalue weighted by atomic mass is 35.5. The molecule has 3 aromatic heterocycles. The van der Waals surface area contributed by atoms with E-state index in [1.807, 2.05) is 12.1 Å². The molecule has 0 saturated heterocycles. The standard InChI is InChI=1S/C24H15ClF3N5O/c25-18-7-6-17-20(31-16-5-1-4-15(11-16)24(26,27)28)13-34-22(17)21(18)33-23-30-10-8-19(32-23)14-3-2-9-29-12-14/h1-13,31H,(H,30,32,33). The van der Waals surface area contributed by atoms with Gasteiger partial charge in [-0.15, -0.1) is 0 Å². The van der Waals surface area contributed by atoms with Crippen LogP contribution in [0.1, 0.15) is 5.56 Å². The zero-order chi connectivity index (χ0) is 23.7. The normalized spacial score (nSPS) is 11.5. The van der Waals surface area contributed by atoms with E-state index in [0.717, 1.165) is 17.7 Å². The Morgan fingerprint density at radius 1 is 0.941 bits per heavy atom. The van der Waals surface area contributed by atoms with Crippen LogP contribution in [0.2, 0.25) is 5.02 Å². The van der Waals surface area contributed by atoms with Gasteiger partial charge in [0.05, 0.1) is 22.0 Å². The molecule has 0 bridgehead atoms. The van der Waals surface area contributed by atoms with Gasteiger partial charge in [0.1, 0.15) is 12.0 Å². The van der Waals surface area contributed by atoms with Gasteiger partial charge in [0.25, 0.3) is 0 Å². The summed E-state index contributed by atoms with van der Waals surface area (Å²) in [5.41, 5.74) is 2.33. The molecule has 0 saturated carbocycles. The fourth-order valence-electron chi connectivity index (χ4n) is 3.42. The summed E-state index contributed by atoms with van der Waals surface area (Å²) in [6.07, 6.45) is 1.95. The van der Waals surface area contributed by atoms with E-state index in [9.17, 15) is 13.2 Å². The molecule has 0 fully saturated rings. The summed E-state index contributed by atoms with van der Waals surface area (Å²) in [7, 11) is 0. The zero-order valence-corrected chi connectivity index (χ0v) is 18.0. The van der Waals surface area contributed by atoms with Gasteiger partial charge in [0, 0.05) is 35.2 Å². The van der Waals surface area contributed by atoms with E-state index in [1.165, 1.54) is 12.3 Å². The van der Waals surface area contributed by atoms with Gasteiger partial charge < -0.3 is 15.1 Å². The minimum atomic E-state index is -4.44. The lowest BCUT2D eigenvalue weighted by Crippen LogP contribution is -2.05. The average molecular weight is 482 g/mol. The summed E-state index contributed by atoms with van der Waals surface area (Å²) in [5, 5.41) is 7.05. The molecule has 0 spiro atoms. The quantitative estimate of drug-likeness (QED) is 0.271. The number of benzene rings is 2. The number of pyridine rings is 1. The predicted molar refractivity (Wildman–Crippen MR) is 124 cm³/mol. The fraction of sp³-hybridized carbons (Fsp3) is 0.0417. The maximum absolute atomic E-state index is 13.1. The average Bonchev–Trinajstić information content (AvgIpc) is 3.24. The number of furan rings is 1. The van der Waals surface area contributed by atoms with Crippen molar-refractivity contribution in [3.8, 4) is 11.3 Å². The Kier molecular flexibility index (Phi) is 5.54. The number of hydrogen-bond donors (Lipinski definition) is 2. The highest BCUT2D eigenvalue weighted by Gasteiger charge is 2.30. The van der Waals surface area contributed by atoms with Crippen molar-refractivity contribution in [3.63, 3.8) is 0 Å². The zero-order valence-electron chi connectivity index (χ0n) is 17.3. The fourth-order valence-corrected chi connectivity index (χ4v) is 3.62. The lowest BCUT2D eigenvalue weighted by atomic mass is 10.1. The molecule has 3 heterocycles. The summed E-state index contributed by atoms with van der Waals surface area (Å²) in [4.78, 5) is 12.9. The van der Waals surface area contributed by atoms with Crippen molar-refractivity contribution < 1.29 is 17.6 Å². The number of halogens is 4. The Bertz CT molecular complexity index is 1470. The molecule has 0 amide bonds. The van der Waals surface area contributed by atoms with Gasteiger partial charge in [-0.2, -0.15) is 13.2 Å². The van der Waals surface area contributed by atoms with E-state index in [0.29, 0.717) is 39.0 Å². The number of anilines is 4. The highest BCUT2D eigenvalue weighted by Crippen LogP contribution is 2.39. The van der Waals surface area contributed by atoms with Gasteiger partial charge in [-0.1, -0.05) is 17.7 Å². The van der Waals surface area contributed by atoms with Crippen LogP contribution in [0.4, 0.5) is 36.2 Å². The second-order valence-corrected chi connectivity index (χ2v) is 7.69. The van der Waals surface area contributed by atoms with Gasteiger partial charge in [0.15, 0.2) is 5.58 Å². The van der Waals surface area contributed by atoms with Crippen LogP contribution in [-0.2, 0) is 6.18 Å². The van der Waals surface area contributed by atoms with E-state index in [1.54, 1.807) is 42.9 Å². The van der Waals surface area contributed by atoms with Gasteiger partial charge in [-0.05, 0) is 48.5 Å². The van der Waals surface area contributed by atoms with Crippen molar-refractivity contribution in [1.82, 2.24) is 15.0 Å². The molecule has 10 heteroatoms. The SMILES string of the molecule is FC(F)(F)c1cccc(Nc2coc3c(Nc4nccc(-c5cccnc5)n4)c(Cl)ccc23)c1. The van der Waals surface area contributed by atoms with Gasteiger partial charge in [-0.25, -0.2) is 9.97 Å². The Balaban J connectivity index is 1.47. The molecule has 6 nitrogen and oxygen atoms in total. The lowest BCUT2D eigenvalue weighted by molar-refractivity contribution is -0.137. The van der Waals surface area contributed by atoms with Crippen molar-refractivity contribution in [3.05, 3.63) is 90.0 Å². The summed E-state index contributed by atoms with van der Waals surface area (Å²) < 4.78 is 44.9. The van der Waals surface area contributed by atoms with E-state index < -0.39 is 11.7 Å². The molecule has 5 aromatic rings. The minimum Gasteiger partial charge on any atom is -0.460 e. The third-order valence-electron chi connectivity index (χ3n) is 5.01. The summed E-state index contributed by atoms with van der Waals surface area (Å²) in [6.45, 7) is 0. The molecule has 2 N–H and O–H groups in total. The van der Waals surface area contributed by atoms with Crippen molar-refractivity contribution in [1.29, 1.82) is 0 Å². The third-order valence-corrected chi connectivity index (χ3v) is 5.33. The first kappa shape index (κ1) is 21.7. The van der Waals surface area contributed by atoms with Crippen LogP contribution < -0.4 is 10.6 Å². The number of rotatable bonds is 5. The molecule has 0 aliphatic rings. The highest BCUT2D eigenvalue weighted by molar-refractivity contribution is 6.35. The molecule has 5 rings (SSSR count). The smallest absolute Gasteiger partial charge is 0.416 e. The van der Waals surface area contributed by atoms with Crippen LogP contribution in [-0.4, -0.2) is 15.0 Å². The molecule has 0 radical (unpaired) electrons. The topological polar surface area (TPSA) is 75.9 Å². The predicted octanol–water partition coefficient (Wildman–Crippen LogP) is 7.44. The van der Waals surface area contributed by atoms with Gasteiger partial charge >= 0.3 is 6.18 Å². The number of fused-ring (bicyclic) bond motifs is 1. The number of nitrogens with zero attached hydrogens (tertiary/aromatic N) is 3. The molecule has 0 aliphatic heterocycles. The largest absolute Gasteiger partial charge is 0.460 e. The van der Waals surface area contributed by atoms with E-state index >= 15 is 0 Å².